The molecule has 0 aromatic rings. The molecule has 0 aliphatic carbocycles. The van der Waals surface area contributed by atoms with Gasteiger partial charge in [0.1, 0.15) is 12.1 Å². The molecule has 0 aromatic heterocycles. The van der Waals surface area contributed by atoms with Crippen molar-refractivity contribution in [3.05, 3.63) is 60.8 Å². The summed E-state index contributed by atoms with van der Waals surface area (Å²) in [5.41, 5.74) is 5.48. The number of esters is 1. The topological polar surface area (TPSA) is 119 Å². The third kappa shape index (κ3) is 35.5. The predicted molar refractivity (Wildman–Crippen MR) is 220 cm³/mol. The summed E-state index contributed by atoms with van der Waals surface area (Å²) in [5.74, 6) is -1.35. The van der Waals surface area contributed by atoms with Gasteiger partial charge < -0.3 is 20.9 Å². The molecule has 0 radical (unpaired) electrons. The standard InChI is InChI=1S/C45H78N2O5/c1-3-5-7-9-11-13-15-16-17-18-20-22-24-29-33-39-44(49)52-41(35-30-26-23-21-19-14-12-10-8-6-4-2)36-31-27-25-28-32-38-43(48)47-42(45(50)51)37-34-40-46/h6,8,12,14,16-17,21,23,30,35,41-42H,3-5,7,9-11,13,15,18-20,22,24-29,31-34,36-40,46H2,1-2H3,(H,47,48)(H,50,51)/b8-6-,14-12-,17-16-,23-21-,35-30-. The summed E-state index contributed by atoms with van der Waals surface area (Å²) in [6.45, 7) is 4.81. The average Bonchev–Trinajstić information content (AvgIpc) is 3.13. The number of nitrogens with one attached hydrogen (secondary N) is 1. The van der Waals surface area contributed by atoms with Gasteiger partial charge in [0.25, 0.3) is 0 Å². The largest absolute Gasteiger partial charge is 0.480 e. The zero-order chi connectivity index (χ0) is 38.2. The van der Waals surface area contributed by atoms with Gasteiger partial charge in [-0.1, -0.05) is 139 Å². The lowest BCUT2D eigenvalue weighted by molar-refractivity contribution is -0.147. The quantitative estimate of drug-likeness (QED) is 0.0333. The predicted octanol–water partition coefficient (Wildman–Crippen LogP) is 11.8. The molecule has 2 unspecified atom stereocenters. The van der Waals surface area contributed by atoms with Crippen LogP contribution in [0.5, 0.6) is 0 Å². The number of ether oxygens (including phenoxy) is 1. The van der Waals surface area contributed by atoms with E-state index in [1.165, 1.54) is 57.8 Å². The number of aliphatic carboxylic acids is 1. The van der Waals surface area contributed by atoms with Crippen LogP contribution in [0.2, 0.25) is 0 Å². The summed E-state index contributed by atoms with van der Waals surface area (Å²) in [7, 11) is 0. The number of carboxylic acids is 1. The van der Waals surface area contributed by atoms with E-state index in [1.807, 2.05) is 6.08 Å². The average molecular weight is 727 g/mol. The monoisotopic (exact) mass is 727 g/mol. The van der Waals surface area contributed by atoms with Crippen molar-refractivity contribution in [1.82, 2.24) is 5.32 Å². The zero-order valence-corrected chi connectivity index (χ0v) is 33.4. The van der Waals surface area contributed by atoms with Gasteiger partial charge in [-0.2, -0.15) is 0 Å². The van der Waals surface area contributed by atoms with Crippen molar-refractivity contribution in [2.24, 2.45) is 5.73 Å². The Labute approximate surface area is 319 Å². The van der Waals surface area contributed by atoms with Gasteiger partial charge in [0, 0.05) is 12.8 Å². The van der Waals surface area contributed by atoms with Crippen LogP contribution in [0.25, 0.3) is 0 Å². The fraction of sp³-hybridized carbons (Fsp3) is 0.711. The molecule has 0 bridgehead atoms. The Kier molecular flexibility index (Phi) is 37.1. The van der Waals surface area contributed by atoms with Crippen LogP contribution in [0.3, 0.4) is 0 Å². The lowest BCUT2D eigenvalue weighted by atomic mass is 10.1. The van der Waals surface area contributed by atoms with E-state index in [0.29, 0.717) is 32.2 Å². The highest BCUT2D eigenvalue weighted by atomic mass is 16.5. The molecule has 0 fully saturated rings. The van der Waals surface area contributed by atoms with Gasteiger partial charge in [-0.15, -0.1) is 0 Å². The smallest absolute Gasteiger partial charge is 0.326 e. The Morgan fingerprint density at radius 2 is 1.12 bits per heavy atom. The molecule has 52 heavy (non-hydrogen) atoms. The van der Waals surface area contributed by atoms with Crippen molar-refractivity contribution in [2.75, 3.05) is 6.54 Å². The molecule has 0 aromatic carbocycles. The molecule has 1 amide bonds. The molecule has 0 spiro atoms. The first kappa shape index (κ1) is 49.1. The molecule has 298 valence electrons. The summed E-state index contributed by atoms with van der Waals surface area (Å²) >= 11 is 0. The van der Waals surface area contributed by atoms with Crippen molar-refractivity contribution in [3.63, 3.8) is 0 Å². The van der Waals surface area contributed by atoms with Gasteiger partial charge in [-0.05, 0) is 103 Å². The number of carboxylic acid groups (broad SMARTS) is 1. The molecule has 0 aliphatic heterocycles. The number of allylic oxidation sites excluding steroid dienone is 9. The van der Waals surface area contributed by atoms with E-state index in [0.717, 1.165) is 89.9 Å². The number of unbranched alkanes of at least 4 members (excludes halogenated alkanes) is 15. The van der Waals surface area contributed by atoms with Crippen LogP contribution in [0.15, 0.2) is 60.8 Å². The van der Waals surface area contributed by atoms with Crippen molar-refractivity contribution < 1.29 is 24.2 Å². The van der Waals surface area contributed by atoms with Crippen LogP contribution >= 0.6 is 0 Å². The highest BCUT2D eigenvalue weighted by molar-refractivity contribution is 5.83. The Morgan fingerprint density at radius 1 is 0.596 bits per heavy atom. The highest BCUT2D eigenvalue weighted by Crippen LogP contribution is 2.15. The number of hydrogen-bond acceptors (Lipinski definition) is 5. The molecule has 0 rings (SSSR count). The molecule has 2 atom stereocenters. The summed E-state index contributed by atoms with van der Waals surface area (Å²) in [5, 5.41) is 11.9. The highest BCUT2D eigenvalue weighted by Gasteiger charge is 2.18. The second kappa shape index (κ2) is 39.3. The maximum Gasteiger partial charge on any atom is 0.326 e. The molecule has 0 heterocycles. The third-order valence-corrected chi connectivity index (χ3v) is 9.05. The van der Waals surface area contributed by atoms with E-state index in [4.69, 9.17) is 10.5 Å². The van der Waals surface area contributed by atoms with E-state index in [2.05, 4.69) is 73.8 Å². The van der Waals surface area contributed by atoms with Crippen molar-refractivity contribution in [1.29, 1.82) is 0 Å². The van der Waals surface area contributed by atoms with Crippen LogP contribution < -0.4 is 11.1 Å². The first-order valence-corrected chi connectivity index (χ1v) is 21.1. The second-order valence-corrected chi connectivity index (χ2v) is 14.0. The molecular formula is C45H78N2O5. The third-order valence-electron chi connectivity index (χ3n) is 9.05. The Hall–Kier alpha value is -2.93. The fourth-order valence-corrected chi connectivity index (χ4v) is 5.88. The molecular weight excluding hydrogens is 649 g/mol. The number of rotatable bonds is 37. The summed E-state index contributed by atoms with van der Waals surface area (Å²) in [6.07, 6.45) is 48.5. The summed E-state index contributed by atoms with van der Waals surface area (Å²) in [4.78, 5) is 36.3. The molecule has 7 nitrogen and oxygen atoms in total. The first-order valence-electron chi connectivity index (χ1n) is 21.1. The number of hydrogen-bond donors (Lipinski definition) is 3. The minimum Gasteiger partial charge on any atom is -0.480 e. The van der Waals surface area contributed by atoms with Crippen LogP contribution in [0.1, 0.15) is 187 Å². The SMILES string of the molecule is CC/C=C\C/C=C\C/C=C\C/C=C\C(CCCCCCCC(=O)NC(CCCN)C(=O)O)OC(=O)CCCCCCC/C=C\CCCCCCCC. The minimum absolute atomic E-state index is 0.109. The maximum atomic E-state index is 12.7. The van der Waals surface area contributed by atoms with Crippen LogP contribution in [-0.2, 0) is 19.1 Å². The number of amides is 1. The minimum atomic E-state index is -1.02. The van der Waals surface area contributed by atoms with Crippen molar-refractivity contribution >= 4 is 17.8 Å². The van der Waals surface area contributed by atoms with E-state index in [9.17, 15) is 19.5 Å². The maximum absolute atomic E-state index is 12.7. The first-order chi connectivity index (χ1) is 25.4. The van der Waals surface area contributed by atoms with Gasteiger partial charge >= 0.3 is 11.9 Å². The molecule has 0 aliphatic rings. The second-order valence-electron chi connectivity index (χ2n) is 14.0. The zero-order valence-electron chi connectivity index (χ0n) is 33.4. The van der Waals surface area contributed by atoms with Crippen LogP contribution in [0, 0.1) is 0 Å². The van der Waals surface area contributed by atoms with Crippen LogP contribution in [-0.4, -0.2) is 41.6 Å². The molecule has 7 heteroatoms. The van der Waals surface area contributed by atoms with Gasteiger partial charge in [-0.3, -0.25) is 9.59 Å². The number of carbonyl (C=O) groups excluding carboxylic acids is 2. The lowest BCUT2D eigenvalue weighted by Gasteiger charge is -2.15. The van der Waals surface area contributed by atoms with Crippen molar-refractivity contribution in [2.45, 2.75) is 199 Å². The molecule has 0 saturated heterocycles. The fourth-order valence-electron chi connectivity index (χ4n) is 5.88. The Bertz CT molecular complexity index is 1000. The normalized spacial score (nSPS) is 13.3. The van der Waals surface area contributed by atoms with E-state index in [1.54, 1.807) is 0 Å². The van der Waals surface area contributed by atoms with Gasteiger partial charge in [0.2, 0.25) is 5.91 Å². The van der Waals surface area contributed by atoms with Crippen molar-refractivity contribution in [3.8, 4) is 0 Å². The van der Waals surface area contributed by atoms with E-state index in [-0.39, 0.29) is 18.0 Å². The van der Waals surface area contributed by atoms with Gasteiger partial charge in [0.15, 0.2) is 0 Å². The van der Waals surface area contributed by atoms with Crippen LogP contribution in [0.4, 0.5) is 0 Å². The summed E-state index contributed by atoms with van der Waals surface area (Å²) < 4.78 is 5.92. The Balaban J connectivity index is 4.45. The summed E-state index contributed by atoms with van der Waals surface area (Å²) in [6, 6.07) is -0.870. The van der Waals surface area contributed by atoms with E-state index >= 15 is 0 Å². The number of carbonyl (C=O) groups is 3. The molecule has 4 N–H and O–H groups in total. The number of nitrogens with two attached hydrogens (primary N) is 1. The lowest BCUT2D eigenvalue weighted by Crippen LogP contribution is -2.40. The Morgan fingerprint density at radius 3 is 1.69 bits per heavy atom. The molecule has 0 saturated carbocycles. The van der Waals surface area contributed by atoms with E-state index < -0.39 is 12.0 Å². The van der Waals surface area contributed by atoms with Gasteiger partial charge in [-0.25, -0.2) is 4.79 Å². The van der Waals surface area contributed by atoms with Gasteiger partial charge in [0.05, 0.1) is 0 Å².